The van der Waals surface area contributed by atoms with Crippen molar-refractivity contribution < 1.29 is 18.7 Å². The number of hydrogen-bond donors (Lipinski definition) is 0. The molecule has 2 rings (SSSR count). The van der Waals surface area contributed by atoms with E-state index in [1.54, 1.807) is 6.07 Å². The first kappa shape index (κ1) is 15.0. The predicted octanol–water partition coefficient (Wildman–Crippen LogP) is 2.42. The van der Waals surface area contributed by atoms with E-state index >= 15 is 0 Å². The maximum atomic E-state index is 12.3. The average Bonchev–Trinajstić information content (AvgIpc) is 2.96. The van der Waals surface area contributed by atoms with Crippen LogP contribution in [-0.4, -0.2) is 43.2 Å². The van der Waals surface area contributed by atoms with E-state index in [4.69, 9.17) is 4.42 Å². The number of esters is 1. The quantitative estimate of drug-likeness (QED) is 0.631. The van der Waals surface area contributed by atoms with E-state index in [9.17, 15) is 9.59 Å². The van der Waals surface area contributed by atoms with Crippen LogP contribution in [0.3, 0.4) is 0 Å². The Bertz CT molecular complexity index is 477. The van der Waals surface area contributed by atoms with Crippen LogP contribution >= 0.6 is 11.8 Å². The first-order chi connectivity index (χ1) is 9.63. The van der Waals surface area contributed by atoms with Gasteiger partial charge in [-0.25, -0.2) is 0 Å². The van der Waals surface area contributed by atoms with Crippen molar-refractivity contribution in [3.05, 3.63) is 17.9 Å². The summed E-state index contributed by atoms with van der Waals surface area (Å²) in [6.07, 6.45) is 5.54. The van der Waals surface area contributed by atoms with Gasteiger partial charge in [0, 0.05) is 25.6 Å². The molecule has 0 aliphatic carbocycles. The van der Waals surface area contributed by atoms with Gasteiger partial charge in [-0.1, -0.05) is 11.8 Å². The number of nitrogens with zero attached hydrogens (tertiary/aromatic N) is 1. The van der Waals surface area contributed by atoms with Crippen LogP contribution < -0.4 is 0 Å². The van der Waals surface area contributed by atoms with E-state index in [0.717, 1.165) is 17.9 Å². The fourth-order valence-electron chi connectivity index (χ4n) is 2.38. The minimum Gasteiger partial charge on any atom is -0.469 e. The van der Waals surface area contributed by atoms with Crippen LogP contribution in [-0.2, 0) is 9.53 Å². The lowest BCUT2D eigenvalue weighted by Gasteiger charge is -2.31. The van der Waals surface area contributed by atoms with E-state index in [1.807, 2.05) is 11.2 Å². The molecule has 0 aromatic carbocycles. The number of piperidine rings is 1. The lowest BCUT2D eigenvalue weighted by atomic mass is 9.93. The lowest BCUT2D eigenvalue weighted by molar-refractivity contribution is -0.142. The van der Waals surface area contributed by atoms with Crippen LogP contribution in [0.2, 0.25) is 0 Å². The summed E-state index contributed by atoms with van der Waals surface area (Å²) in [5.41, 5.74) is 0.598. The van der Waals surface area contributed by atoms with Gasteiger partial charge in [0.1, 0.15) is 6.26 Å². The van der Waals surface area contributed by atoms with Gasteiger partial charge < -0.3 is 14.1 Å². The molecule has 1 aromatic rings. The number of likely N-dealkylation sites (tertiary alicyclic amines) is 1. The zero-order valence-electron chi connectivity index (χ0n) is 11.8. The van der Waals surface area contributed by atoms with Gasteiger partial charge in [0.25, 0.3) is 5.91 Å². The summed E-state index contributed by atoms with van der Waals surface area (Å²) in [5.74, 6) is 0.150. The van der Waals surface area contributed by atoms with Crippen LogP contribution in [0.5, 0.6) is 0 Å². The Morgan fingerprint density at radius 1 is 1.45 bits per heavy atom. The third-order valence-electron chi connectivity index (χ3n) is 3.61. The summed E-state index contributed by atoms with van der Waals surface area (Å²) in [4.78, 5) is 25.3. The average molecular weight is 297 g/mol. The minimum absolute atomic E-state index is 0.00516. The van der Waals surface area contributed by atoms with Crippen molar-refractivity contribution in [3.63, 3.8) is 0 Å². The van der Waals surface area contributed by atoms with Crippen LogP contribution in [0.25, 0.3) is 0 Å². The highest BCUT2D eigenvalue weighted by molar-refractivity contribution is 7.98. The normalized spacial score (nSPS) is 16.2. The molecular formula is C14H19NO4S. The van der Waals surface area contributed by atoms with E-state index in [2.05, 4.69) is 4.74 Å². The molecule has 5 nitrogen and oxygen atoms in total. The summed E-state index contributed by atoms with van der Waals surface area (Å²) in [7, 11) is 1.41. The third-order valence-corrected chi connectivity index (χ3v) is 4.22. The molecule has 1 aliphatic rings. The molecule has 0 atom stereocenters. The van der Waals surface area contributed by atoms with Crippen molar-refractivity contribution in [3.8, 4) is 0 Å². The largest absolute Gasteiger partial charge is 0.469 e. The summed E-state index contributed by atoms with van der Waals surface area (Å²) in [6.45, 7) is 1.36. The Morgan fingerprint density at radius 2 is 2.15 bits per heavy atom. The molecule has 0 radical (unpaired) electrons. The van der Waals surface area contributed by atoms with Crippen molar-refractivity contribution in [2.24, 2.45) is 5.92 Å². The molecule has 0 unspecified atom stereocenters. The summed E-state index contributed by atoms with van der Waals surface area (Å²) < 4.78 is 9.95. The second kappa shape index (κ2) is 6.83. The van der Waals surface area contributed by atoms with Crippen LogP contribution in [0.1, 0.15) is 29.6 Å². The molecule has 1 aromatic heterocycles. The predicted molar refractivity (Wildman–Crippen MR) is 75.7 cm³/mol. The first-order valence-corrected chi connectivity index (χ1v) is 7.85. The van der Waals surface area contributed by atoms with Gasteiger partial charge in [-0.3, -0.25) is 9.59 Å². The molecule has 2 heterocycles. The zero-order chi connectivity index (χ0) is 14.5. The van der Waals surface area contributed by atoms with E-state index in [0.29, 0.717) is 31.0 Å². The van der Waals surface area contributed by atoms with Crippen molar-refractivity contribution in [2.75, 3.05) is 26.5 Å². The number of thioether (sulfide) groups is 1. The lowest BCUT2D eigenvalue weighted by Crippen LogP contribution is -2.38. The highest BCUT2D eigenvalue weighted by Gasteiger charge is 2.26. The van der Waals surface area contributed by atoms with Gasteiger partial charge in [-0.15, -0.1) is 0 Å². The molecule has 1 amide bonds. The first-order valence-electron chi connectivity index (χ1n) is 6.62. The Labute approximate surface area is 122 Å². The number of furan rings is 1. The Hall–Kier alpha value is -1.43. The second-order valence-corrected chi connectivity index (χ2v) is 5.68. The van der Waals surface area contributed by atoms with E-state index < -0.39 is 0 Å². The van der Waals surface area contributed by atoms with Crippen molar-refractivity contribution >= 4 is 23.6 Å². The third kappa shape index (κ3) is 3.56. The van der Waals surface area contributed by atoms with Crippen LogP contribution in [0.15, 0.2) is 21.8 Å². The van der Waals surface area contributed by atoms with E-state index in [-0.39, 0.29) is 11.9 Å². The number of methoxy groups -OCH3 is 1. The van der Waals surface area contributed by atoms with Gasteiger partial charge in [-0.2, -0.15) is 0 Å². The fraction of sp³-hybridized carbons (Fsp3) is 0.571. The number of hydrogen-bond acceptors (Lipinski definition) is 5. The SMILES string of the molecule is COC(=O)CC1CCN(C(=O)c2coc(SC)c2)CC1. The summed E-state index contributed by atoms with van der Waals surface area (Å²) >= 11 is 1.47. The zero-order valence-corrected chi connectivity index (χ0v) is 12.6. The maximum absolute atomic E-state index is 12.3. The number of rotatable bonds is 4. The molecule has 1 fully saturated rings. The molecule has 0 bridgehead atoms. The topological polar surface area (TPSA) is 59.8 Å². The molecule has 0 spiro atoms. The highest BCUT2D eigenvalue weighted by atomic mass is 32.2. The maximum Gasteiger partial charge on any atom is 0.305 e. The molecular weight excluding hydrogens is 278 g/mol. The Kier molecular flexibility index (Phi) is 5.11. The van der Waals surface area contributed by atoms with Gasteiger partial charge in [0.05, 0.1) is 12.7 Å². The molecule has 0 N–H and O–H groups in total. The van der Waals surface area contributed by atoms with Crippen LogP contribution in [0, 0.1) is 5.92 Å². The van der Waals surface area contributed by atoms with E-state index in [1.165, 1.54) is 25.1 Å². The van der Waals surface area contributed by atoms with Crippen molar-refractivity contribution in [1.82, 2.24) is 4.90 Å². The fourth-order valence-corrected chi connectivity index (χ4v) is 2.77. The molecule has 110 valence electrons. The second-order valence-electron chi connectivity index (χ2n) is 4.87. The Morgan fingerprint density at radius 3 is 2.70 bits per heavy atom. The highest BCUT2D eigenvalue weighted by Crippen LogP contribution is 2.24. The van der Waals surface area contributed by atoms with Gasteiger partial charge in [-0.05, 0) is 25.0 Å². The number of ether oxygens (including phenoxy) is 1. The van der Waals surface area contributed by atoms with Gasteiger partial charge in [0.2, 0.25) is 0 Å². The number of carbonyl (C=O) groups is 2. The van der Waals surface area contributed by atoms with Gasteiger partial charge in [0.15, 0.2) is 5.09 Å². The molecule has 6 heteroatoms. The van der Waals surface area contributed by atoms with Crippen molar-refractivity contribution in [2.45, 2.75) is 24.4 Å². The number of carbonyl (C=O) groups excluding carboxylic acids is 2. The summed E-state index contributed by atoms with van der Waals surface area (Å²) in [6, 6.07) is 1.77. The van der Waals surface area contributed by atoms with Crippen molar-refractivity contribution in [1.29, 1.82) is 0 Å². The smallest absolute Gasteiger partial charge is 0.305 e. The van der Waals surface area contributed by atoms with Crippen LogP contribution in [0.4, 0.5) is 0 Å². The van der Waals surface area contributed by atoms with Gasteiger partial charge >= 0.3 is 5.97 Å². The monoisotopic (exact) mass is 297 g/mol. The molecule has 1 aliphatic heterocycles. The molecule has 1 saturated heterocycles. The molecule has 20 heavy (non-hydrogen) atoms. The minimum atomic E-state index is -0.172. The molecule has 0 saturated carbocycles. The summed E-state index contributed by atoms with van der Waals surface area (Å²) in [5, 5.41) is 0.744. The standard InChI is InChI=1S/C14H19NO4S/c1-18-12(16)7-10-3-5-15(6-4-10)14(17)11-8-13(20-2)19-9-11/h8-10H,3-7H2,1-2H3. The number of amides is 1. The Balaban J connectivity index is 1.87.